The number of nitrogens with zero attached hydrogens (tertiary/aromatic N) is 2. The van der Waals surface area contributed by atoms with Crippen molar-refractivity contribution in [3.63, 3.8) is 0 Å². The van der Waals surface area contributed by atoms with E-state index in [0.717, 1.165) is 11.3 Å². The fourth-order valence-electron chi connectivity index (χ4n) is 2.99. The number of ether oxygens (including phenoxy) is 1. The van der Waals surface area contributed by atoms with E-state index in [1.165, 1.54) is 18.2 Å². The van der Waals surface area contributed by atoms with Crippen LogP contribution in [0.15, 0.2) is 48.5 Å². The van der Waals surface area contributed by atoms with Gasteiger partial charge >= 0.3 is 0 Å². The number of anilines is 1. The summed E-state index contributed by atoms with van der Waals surface area (Å²) < 4.78 is 5.11. The summed E-state index contributed by atoms with van der Waals surface area (Å²) in [7, 11) is 1.59. The number of nitro groups is 1. The Morgan fingerprint density at radius 2 is 2.04 bits per heavy atom. The Hall–Kier alpha value is -3.42. The van der Waals surface area contributed by atoms with Crippen LogP contribution in [0.3, 0.4) is 0 Å². The monoisotopic (exact) mass is 369 g/mol. The van der Waals surface area contributed by atoms with E-state index in [4.69, 9.17) is 4.74 Å². The SMILES string of the molecule is COc1ccc(CN2CC(C(=O)Nc3cccc([N+](=O)[O-])c3)CC2=O)cc1. The highest BCUT2D eigenvalue weighted by molar-refractivity contribution is 5.97. The van der Waals surface area contributed by atoms with Gasteiger partial charge in [0, 0.05) is 37.3 Å². The molecule has 0 bridgehead atoms. The van der Waals surface area contributed by atoms with Gasteiger partial charge in [-0.05, 0) is 23.8 Å². The number of nitrogens with one attached hydrogen (secondary N) is 1. The number of hydrogen-bond donors (Lipinski definition) is 1. The highest BCUT2D eigenvalue weighted by Crippen LogP contribution is 2.24. The number of non-ortho nitro benzene ring substituents is 1. The molecule has 2 amide bonds. The van der Waals surface area contributed by atoms with Crippen LogP contribution in [0.1, 0.15) is 12.0 Å². The minimum Gasteiger partial charge on any atom is -0.497 e. The maximum Gasteiger partial charge on any atom is 0.271 e. The van der Waals surface area contributed by atoms with Gasteiger partial charge in [0.2, 0.25) is 11.8 Å². The quantitative estimate of drug-likeness (QED) is 0.623. The number of rotatable bonds is 6. The molecule has 3 rings (SSSR count). The van der Waals surface area contributed by atoms with Gasteiger partial charge in [-0.15, -0.1) is 0 Å². The van der Waals surface area contributed by atoms with Crippen LogP contribution in [0.4, 0.5) is 11.4 Å². The van der Waals surface area contributed by atoms with Crippen molar-refractivity contribution in [2.75, 3.05) is 19.0 Å². The van der Waals surface area contributed by atoms with E-state index in [2.05, 4.69) is 5.32 Å². The average molecular weight is 369 g/mol. The normalized spacial score (nSPS) is 16.3. The maximum absolute atomic E-state index is 12.4. The number of carbonyl (C=O) groups is 2. The van der Waals surface area contributed by atoms with Gasteiger partial charge in [0.15, 0.2) is 0 Å². The van der Waals surface area contributed by atoms with Crippen LogP contribution in [-0.2, 0) is 16.1 Å². The fraction of sp³-hybridized carbons (Fsp3) is 0.263. The lowest BCUT2D eigenvalue weighted by Crippen LogP contribution is -2.28. The summed E-state index contributed by atoms with van der Waals surface area (Å²) in [4.78, 5) is 36.6. The summed E-state index contributed by atoms with van der Waals surface area (Å²) in [6, 6.07) is 13.1. The second kappa shape index (κ2) is 7.86. The third-order valence-electron chi connectivity index (χ3n) is 4.44. The molecule has 0 saturated carbocycles. The topological polar surface area (TPSA) is 102 Å². The van der Waals surface area contributed by atoms with Crippen molar-refractivity contribution in [2.45, 2.75) is 13.0 Å². The lowest BCUT2D eigenvalue weighted by molar-refractivity contribution is -0.384. The zero-order chi connectivity index (χ0) is 19.4. The molecule has 1 atom stereocenters. The zero-order valence-electron chi connectivity index (χ0n) is 14.8. The molecule has 2 aromatic carbocycles. The van der Waals surface area contributed by atoms with Crippen molar-refractivity contribution in [3.8, 4) is 5.75 Å². The van der Waals surface area contributed by atoms with Gasteiger partial charge in [-0.3, -0.25) is 19.7 Å². The molecule has 1 saturated heterocycles. The van der Waals surface area contributed by atoms with Gasteiger partial charge in [0.1, 0.15) is 5.75 Å². The number of carbonyl (C=O) groups excluding carboxylic acids is 2. The van der Waals surface area contributed by atoms with Crippen molar-refractivity contribution in [3.05, 3.63) is 64.2 Å². The van der Waals surface area contributed by atoms with E-state index >= 15 is 0 Å². The summed E-state index contributed by atoms with van der Waals surface area (Å²) >= 11 is 0. The first-order valence-corrected chi connectivity index (χ1v) is 8.42. The predicted octanol–water partition coefficient (Wildman–Crippen LogP) is 2.59. The Morgan fingerprint density at radius 1 is 1.30 bits per heavy atom. The number of nitro benzene ring substituents is 1. The molecule has 8 heteroatoms. The van der Waals surface area contributed by atoms with Crippen molar-refractivity contribution in [1.29, 1.82) is 0 Å². The lowest BCUT2D eigenvalue weighted by Gasteiger charge is -2.17. The molecule has 2 aromatic rings. The molecule has 0 aliphatic carbocycles. The zero-order valence-corrected chi connectivity index (χ0v) is 14.8. The van der Waals surface area contributed by atoms with Gasteiger partial charge in [-0.2, -0.15) is 0 Å². The molecule has 0 spiro atoms. The van der Waals surface area contributed by atoms with Crippen molar-refractivity contribution < 1.29 is 19.2 Å². The summed E-state index contributed by atoms with van der Waals surface area (Å²) in [6.07, 6.45) is 0.122. The molecule has 8 nitrogen and oxygen atoms in total. The summed E-state index contributed by atoms with van der Waals surface area (Å²) in [6.45, 7) is 0.731. The molecular formula is C19H19N3O5. The van der Waals surface area contributed by atoms with E-state index in [0.29, 0.717) is 18.8 Å². The first-order chi connectivity index (χ1) is 13.0. The number of likely N-dealkylation sites (tertiary alicyclic amines) is 1. The van der Waals surface area contributed by atoms with Crippen LogP contribution in [-0.4, -0.2) is 35.3 Å². The molecule has 1 unspecified atom stereocenters. The number of amides is 2. The highest BCUT2D eigenvalue weighted by Gasteiger charge is 2.34. The number of methoxy groups -OCH3 is 1. The molecule has 0 aromatic heterocycles. The van der Waals surface area contributed by atoms with E-state index < -0.39 is 10.8 Å². The van der Waals surface area contributed by atoms with E-state index in [1.807, 2.05) is 24.3 Å². The molecule has 1 fully saturated rings. The standard InChI is InChI=1S/C19H19N3O5/c1-27-17-7-5-13(6-8-17)11-21-12-14(9-18(21)23)19(24)20-15-3-2-4-16(10-15)22(25)26/h2-8,10,14H,9,11-12H2,1H3,(H,20,24). The molecule has 1 aliphatic rings. The third-order valence-corrected chi connectivity index (χ3v) is 4.44. The van der Waals surface area contributed by atoms with Crippen molar-refractivity contribution in [2.24, 2.45) is 5.92 Å². The van der Waals surface area contributed by atoms with Crippen molar-refractivity contribution in [1.82, 2.24) is 4.90 Å². The van der Waals surface area contributed by atoms with Crippen LogP contribution >= 0.6 is 0 Å². The third kappa shape index (κ3) is 4.41. The van der Waals surface area contributed by atoms with E-state index in [1.54, 1.807) is 18.1 Å². The van der Waals surface area contributed by atoms with E-state index in [-0.39, 0.29) is 23.9 Å². The molecular weight excluding hydrogens is 350 g/mol. The second-order valence-electron chi connectivity index (χ2n) is 6.32. The predicted molar refractivity (Wildman–Crippen MR) is 98.2 cm³/mol. The lowest BCUT2D eigenvalue weighted by atomic mass is 10.1. The Morgan fingerprint density at radius 3 is 2.70 bits per heavy atom. The van der Waals surface area contributed by atoms with Crippen LogP contribution in [0.5, 0.6) is 5.75 Å². The van der Waals surface area contributed by atoms with Crippen LogP contribution in [0.2, 0.25) is 0 Å². The molecule has 1 aliphatic heterocycles. The Labute approximate surface area is 155 Å². The number of hydrogen-bond acceptors (Lipinski definition) is 5. The van der Waals surface area contributed by atoms with Gasteiger partial charge in [0.05, 0.1) is 18.0 Å². The van der Waals surface area contributed by atoms with Crippen molar-refractivity contribution >= 4 is 23.2 Å². The molecule has 140 valence electrons. The van der Waals surface area contributed by atoms with Crippen LogP contribution in [0.25, 0.3) is 0 Å². The van der Waals surface area contributed by atoms with E-state index in [9.17, 15) is 19.7 Å². The van der Waals surface area contributed by atoms with Gasteiger partial charge in [-0.25, -0.2) is 0 Å². The Balaban J connectivity index is 1.61. The highest BCUT2D eigenvalue weighted by atomic mass is 16.6. The second-order valence-corrected chi connectivity index (χ2v) is 6.32. The average Bonchev–Trinajstić information content (AvgIpc) is 3.03. The molecule has 1 heterocycles. The minimum absolute atomic E-state index is 0.0926. The molecule has 0 radical (unpaired) electrons. The number of benzene rings is 2. The van der Waals surface area contributed by atoms with Crippen LogP contribution < -0.4 is 10.1 Å². The molecule has 27 heavy (non-hydrogen) atoms. The van der Waals surface area contributed by atoms with Gasteiger partial charge in [0.25, 0.3) is 5.69 Å². The van der Waals surface area contributed by atoms with Crippen LogP contribution in [0, 0.1) is 16.0 Å². The Kier molecular flexibility index (Phi) is 5.35. The first kappa shape index (κ1) is 18.4. The summed E-state index contributed by atoms with van der Waals surface area (Å²) in [5.41, 5.74) is 1.19. The minimum atomic E-state index is -0.522. The van der Waals surface area contributed by atoms with Gasteiger partial charge in [-0.1, -0.05) is 18.2 Å². The largest absolute Gasteiger partial charge is 0.497 e. The van der Waals surface area contributed by atoms with Gasteiger partial charge < -0.3 is 15.0 Å². The summed E-state index contributed by atoms with van der Waals surface area (Å²) in [5, 5.41) is 13.5. The summed E-state index contributed by atoms with van der Waals surface area (Å²) in [5.74, 6) is -0.165. The first-order valence-electron chi connectivity index (χ1n) is 8.42. The fourth-order valence-corrected chi connectivity index (χ4v) is 2.99. The smallest absolute Gasteiger partial charge is 0.271 e. The Bertz CT molecular complexity index is 866. The molecule has 1 N–H and O–H groups in total. The maximum atomic E-state index is 12.4.